The average molecular weight is 346 g/mol. The quantitative estimate of drug-likeness (QED) is 0.769. The van der Waals surface area contributed by atoms with Gasteiger partial charge in [-0.1, -0.05) is 6.07 Å². The zero-order valence-corrected chi connectivity index (χ0v) is 14.6. The fraction of sp³-hybridized carbons (Fsp3) is 0.471. The normalized spacial score (nSPS) is 17.3. The van der Waals surface area contributed by atoms with Gasteiger partial charge in [-0.15, -0.1) is 11.3 Å². The molecule has 1 amide bonds. The predicted octanol–water partition coefficient (Wildman–Crippen LogP) is 2.18. The summed E-state index contributed by atoms with van der Waals surface area (Å²) in [4.78, 5) is 24.7. The van der Waals surface area contributed by atoms with Crippen molar-refractivity contribution in [1.82, 2.24) is 14.9 Å². The van der Waals surface area contributed by atoms with E-state index in [1.54, 1.807) is 24.3 Å². The smallest absolute Gasteiger partial charge is 0.242 e. The Morgan fingerprint density at radius 3 is 3.04 bits per heavy atom. The van der Waals surface area contributed by atoms with Gasteiger partial charge >= 0.3 is 0 Å². The lowest BCUT2D eigenvalue weighted by atomic mass is 10.2. The SMILES string of the molecule is CN(C(=O)CN(Cc1cccnc1)CC1CCCO1)c1nccs1. The van der Waals surface area contributed by atoms with Gasteiger partial charge in [-0.25, -0.2) is 4.98 Å². The first-order valence-corrected chi connectivity index (χ1v) is 8.99. The highest BCUT2D eigenvalue weighted by Crippen LogP contribution is 2.18. The molecular weight excluding hydrogens is 324 g/mol. The second-order valence-corrected chi connectivity index (χ2v) is 6.81. The van der Waals surface area contributed by atoms with E-state index in [9.17, 15) is 4.79 Å². The van der Waals surface area contributed by atoms with E-state index in [0.29, 0.717) is 13.1 Å². The van der Waals surface area contributed by atoms with Crippen molar-refractivity contribution in [2.75, 3.05) is 31.6 Å². The Hall–Kier alpha value is -1.83. The zero-order chi connectivity index (χ0) is 16.8. The molecule has 0 aromatic carbocycles. The largest absolute Gasteiger partial charge is 0.377 e. The van der Waals surface area contributed by atoms with Crippen LogP contribution in [0.1, 0.15) is 18.4 Å². The molecule has 0 bridgehead atoms. The molecule has 0 radical (unpaired) electrons. The summed E-state index contributed by atoms with van der Waals surface area (Å²) in [6, 6.07) is 3.95. The van der Waals surface area contributed by atoms with Gasteiger partial charge in [0, 0.05) is 50.7 Å². The van der Waals surface area contributed by atoms with E-state index < -0.39 is 0 Å². The third-order valence-corrected chi connectivity index (χ3v) is 4.90. The van der Waals surface area contributed by atoms with Crippen molar-refractivity contribution in [3.63, 3.8) is 0 Å². The number of likely N-dealkylation sites (N-methyl/N-ethyl adjacent to an activating group) is 1. The van der Waals surface area contributed by atoms with E-state index in [2.05, 4.69) is 14.9 Å². The number of carbonyl (C=O) groups excluding carboxylic acids is 1. The van der Waals surface area contributed by atoms with Gasteiger partial charge in [0.2, 0.25) is 5.91 Å². The molecule has 24 heavy (non-hydrogen) atoms. The topological polar surface area (TPSA) is 58.6 Å². The minimum absolute atomic E-state index is 0.0341. The number of thiazole rings is 1. The number of hydrogen-bond donors (Lipinski definition) is 0. The maximum absolute atomic E-state index is 12.6. The van der Waals surface area contributed by atoms with Gasteiger partial charge in [0.1, 0.15) is 0 Å². The minimum Gasteiger partial charge on any atom is -0.377 e. The molecule has 128 valence electrons. The third-order valence-electron chi connectivity index (χ3n) is 4.05. The van der Waals surface area contributed by atoms with Crippen LogP contribution in [0.2, 0.25) is 0 Å². The van der Waals surface area contributed by atoms with E-state index in [0.717, 1.165) is 36.7 Å². The van der Waals surface area contributed by atoms with Crippen molar-refractivity contribution in [3.05, 3.63) is 41.7 Å². The maximum atomic E-state index is 12.6. The number of hydrogen-bond acceptors (Lipinski definition) is 6. The average Bonchev–Trinajstić information content (AvgIpc) is 3.28. The molecule has 0 aliphatic carbocycles. The summed E-state index contributed by atoms with van der Waals surface area (Å²) in [5, 5.41) is 2.59. The van der Waals surface area contributed by atoms with Crippen LogP contribution in [0.3, 0.4) is 0 Å². The number of pyridine rings is 1. The summed E-state index contributed by atoms with van der Waals surface area (Å²) in [5.74, 6) is 0.0341. The van der Waals surface area contributed by atoms with E-state index in [4.69, 9.17) is 4.74 Å². The van der Waals surface area contributed by atoms with Crippen LogP contribution in [0.25, 0.3) is 0 Å². The first kappa shape index (κ1) is 17.0. The fourth-order valence-electron chi connectivity index (χ4n) is 2.80. The van der Waals surface area contributed by atoms with E-state index in [1.165, 1.54) is 11.3 Å². The highest BCUT2D eigenvalue weighted by atomic mass is 32.1. The highest BCUT2D eigenvalue weighted by Gasteiger charge is 2.23. The Morgan fingerprint density at radius 1 is 1.46 bits per heavy atom. The summed E-state index contributed by atoms with van der Waals surface area (Å²) in [5.41, 5.74) is 1.10. The van der Waals surface area contributed by atoms with Crippen LogP contribution >= 0.6 is 11.3 Å². The molecule has 1 aliphatic heterocycles. The van der Waals surface area contributed by atoms with Crippen LogP contribution in [-0.2, 0) is 16.1 Å². The lowest BCUT2D eigenvalue weighted by Crippen LogP contribution is -2.41. The molecule has 0 saturated carbocycles. The molecule has 3 heterocycles. The molecule has 2 aromatic rings. The minimum atomic E-state index is 0.0341. The van der Waals surface area contributed by atoms with Crippen LogP contribution in [0.4, 0.5) is 5.13 Å². The number of amides is 1. The second kappa shape index (κ2) is 8.32. The van der Waals surface area contributed by atoms with Crippen molar-refractivity contribution in [2.45, 2.75) is 25.5 Å². The van der Waals surface area contributed by atoms with Gasteiger partial charge in [-0.3, -0.25) is 19.6 Å². The maximum Gasteiger partial charge on any atom is 0.242 e. The molecule has 1 atom stereocenters. The molecule has 0 spiro atoms. The molecule has 2 aromatic heterocycles. The van der Waals surface area contributed by atoms with Crippen LogP contribution in [-0.4, -0.2) is 53.6 Å². The molecule has 3 rings (SSSR count). The molecular formula is C17H22N4O2S. The lowest BCUT2D eigenvalue weighted by molar-refractivity contribution is -0.119. The zero-order valence-electron chi connectivity index (χ0n) is 13.8. The fourth-order valence-corrected chi connectivity index (χ4v) is 3.42. The predicted molar refractivity (Wildman–Crippen MR) is 94.0 cm³/mol. The number of ether oxygens (including phenoxy) is 1. The van der Waals surface area contributed by atoms with Gasteiger partial charge in [-0.2, -0.15) is 0 Å². The number of rotatable bonds is 7. The molecule has 6 nitrogen and oxygen atoms in total. The van der Waals surface area contributed by atoms with Crippen molar-refractivity contribution >= 4 is 22.4 Å². The van der Waals surface area contributed by atoms with E-state index in [-0.39, 0.29) is 12.0 Å². The number of aromatic nitrogens is 2. The Balaban J connectivity index is 1.65. The summed E-state index contributed by atoms with van der Waals surface area (Å²) in [6.45, 7) is 2.60. The number of nitrogens with zero attached hydrogens (tertiary/aromatic N) is 4. The first-order chi connectivity index (χ1) is 11.7. The number of anilines is 1. The summed E-state index contributed by atoms with van der Waals surface area (Å²) in [6.07, 6.45) is 7.68. The first-order valence-electron chi connectivity index (χ1n) is 8.11. The summed E-state index contributed by atoms with van der Waals surface area (Å²) < 4.78 is 5.74. The van der Waals surface area contributed by atoms with Gasteiger partial charge in [-0.05, 0) is 24.5 Å². The molecule has 1 unspecified atom stereocenters. The van der Waals surface area contributed by atoms with Crippen LogP contribution < -0.4 is 4.90 Å². The van der Waals surface area contributed by atoms with Crippen molar-refractivity contribution in [1.29, 1.82) is 0 Å². The summed E-state index contributed by atoms with van der Waals surface area (Å²) in [7, 11) is 1.77. The molecule has 1 saturated heterocycles. The molecule has 7 heteroatoms. The Labute approximate surface area is 146 Å². The lowest BCUT2D eigenvalue weighted by Gasteiger charge is -2.26. The Morgan fingerprint density at radius 2 is 2.38 bits per heavy atom. The Kier molecular flexibility index (Phi) is 5.90. The van der Waals surface area contributed by atoms with Gasteiger partial charge in [0.15, 0.2) is 5.13 Å². The third kappa shape index (κ3) is 4.59. The monoisotopic (exact) mass is 346 g/mol. The highest BCUT2D eigenvalue weighted by molar-refractivity contribution is 7.13. The molecule has 0 N–H and O–H groups in total. The van der Waals surface area contributed by atoms with Crippen molar-refractivity contribution < 1.29 is 9.53 Å². The molecule has 1 fully saturated rings. The number of carbonyl (C=O) groups is 1. The summed E-state index contributed by atoms with van der Waals surface area (Å²) >= 11 is 1.46. The van der Waals surface area contributed by atoms with Gasteiger partial charge in [0.25, 0.3) is 0 Å². The van der Waals surface area contributed by atoms with Crippen LogP contribution in [0.5, 0.6) is 0 Å². The molecule has 1 aliphatic rings. The van der Waals surface area contributed by atoms with Crippen molar-refractivity contribution in [3.8, 4) is 0 Å². The second-order valence-electron chi connectivity index (χ2n) is 5.93. The van der Waals surface area contributed by atoms with E-state index in [1.807, 2.05) is 23.7 Å². The van der Waals surface area contributed by atoms with E-state index >= 15 is 0 Å². The Bertz CT molecular complexity index is 629. The standard InChI is InChI=1S/C17H22N4O2S/c1-20(17-19-7-9-24-17)16(22)13-21(12-15-5-3-8-23-15)11-14-4-2-6-18-10-14/h2,4,6-7,9-10,15H,3,5,8,11-13H2,1H3. The van der Waals surface area contributed by atoms with Crippen LogP contribution in [0, 0.1) is 0 Å². The van der Waals surface area contributed by atoms with Crippen molar-refractivity contribution in [2.24, 2.45) is 0 Å². The van der Waals surface area contributed by atoms with Gasteiger partial charge < -0.3 is 4.74 Å². The van der Waals surface area contributed by atoms with Gasteiger partial charge in [0.05, 0.1) is 12.6 Å². The van der Waals surface area contributed by atoms with Crippen LogP contribution in [0.15, 0.2) is 36.1 Å².